The van der Waals surface area contributed by atoms with Gasteiger partial charge in [0, 0.05) is 24.2 Å². The molecule has 34 heavy (non-hydrogen) atoms. The maximum Gasteiger partial charge on any atom is 0.262 e. The van der Waals surface area contributed by atoms with Crippen LogP contribution in [0, 0.1) is 5.82 Å². The summed E-state index contributed by atoms with van der Waals surface area (Å²) in [6.45, 7) is 1.71. The SMILES string of the molecule is CC(SCc1ccccn1)C(C(=O)NO)N(C)S(=O)(=O)c1ccc(Oc2ccc(F)cc2)cc1. The second-order valence-electron chi connectivity index (χ2n) is 7.31. The van der Waals surface area contributed by atoms with Crippen LogP contribution in [0.25, 0.3) is 0 Å². The summed E-state index contributed by atoms with van der Waals surface area (Å²) in [7, 11) is -2.80. The minimum Gasteiger partial charge on any atom is -0.457 e. The van der Waals surface area contributed by atoms with Gasteiger partial charge in [0.25, 0.3) is 5.91 Å². The Morgan fingerprint density at radius 2 is 1.74 bits per heavy atom. The van der Waals surface area contributed by atoms with Gasteiger partial charge in [0.15, 0.2) is 0 Å². The van der Waals surface area contributed by atoms with Gasteiger partial charge in [0.1, 0.15) is 23.4 Å². The van der Waals surface area contributed by atoms with Crippen LogP contribution < -0.4 is 10.2 Å². The molecule has 0 aliphatic rings. The number of likely N-dealkylation sites (N-methyl/N-ethyl adjacent to an activating group) is 1. The molecule has 2 aromatic carbocycles. The van der Waals surface area contributed by atoms with E-state index in [0.29, 0.717) is 17.3 Å². The Hall–Kier alpha value is -2.99. The number of hydrogen-bond donors (Lipinski definition) is 2. The van der Waals surface area contributed by atoms with E-state index in [1.165, 1.54) is 67.3 Å². The van der Waals surface area contributed by atoms with Crippen LogP contribution in [-0.4, -0.2) is 47.2 Å². The van der Waals surface area contributed by atoms with Gasteiger partial charge >= 0.3 is 0 Å². The minimum absolute atomic E-state index is 0.0564. The highest BCUT2D eigenvalue weighted by Gasteiger charge is 2.37. The number of nitrogens with one attached hydrogen (secondary N) is 1. The number of halogens is 1. The van der Waals surface area contributed by atoms with Crippen molar-refractivity contribution in [1.29, 1.82) is 0 Å². The molecule has 0 aliphatic carbocycles. The van der Waals surface area contributed by atoms with Gasteiger partial charge in [0.05, 0.1) is 10.6 Å². The molecule has 0 radical (unpaired) electrons. The zero-order chi connectivity index (χ0) is 24.7. The molecule has 0 fully saturated rings. The van der Waals surface area contributed by atoms with Crippen LogP contribution in [-0.2, 0) is 20.6 Å². The van der Waals surface area contributed by atoms with Crippen LogP contribution in [0.15, 0.2) is 77.8 Å². The molecule has 0 bridgehead atoms. The number of nitrogens with zero attached hydrogens (tertiary/aromatic N) is 2. The van der Waals surface area contributed by atoms with Crippen molar-refractivity contribution >= 4 is 27.7 Å². The maximum absolute atomic E-state index is 13.2. The molecule has 11 heteroatoms. The van der Waals surface area contributed by atoms with Crippen molar-refractivity contribution in [1.82, 2.24) is 14.8 Å². The fraction of sp³-hybridized carbons (Fsp3) is 0.217. The Morgan fingerprint density at radius 3 is 2.29 bits per heavy atom. The Balaban J connectivity index is 1.75. The molecule has 3 rings (SSSR count). The van der Waals surface area contributed by atoms with E-state index in [0.717, 1.165) is 10.00 Å². The zero-order valence-electron chi connectivity index (χ0n) is 18.5. The van der Waals surface area contributed by atoms with Crippen molar-refractivity contribution < 1.29 is 27.5 Å². The number of benzene rings is 2. The number of aromatic nitrogens is 1. The summed E-state index contributed by atoms with van der Waals surface area (Å²) in [4.78, 5) is 16.6. The first kappa shape index (κ1) is 25.6. The van der Waals surface area contributed by atoms with Crippen molar-refractivity contribution in [3.05, 3.63) is 84.4 Å². The Kier molecular flexibility index (Phi) is 8.61. The third-order valence-corrected chi connectivity index (χ3v) is 8.08. The molecule has 3 aromatic rings. The first-order chi connectivity index (χ1) is 16.2. The second kappa shape index (κ2) is 11.4. The van der Waals surface area contributed by atoms with Gasteiger partial charge < -0.3 is 4.74 Å². The average molecular weight is 506 g/mol. The molecule has 8 nitrogen and oxygen atoms in total. The quantitative estimate of drug-likeness (QED) is 0.318. The van der Waals surface area contributed by atoms with Gasteiger partial charge in [0.2, 0.25) is 10.0 Å². The number of rotatable bonds is 10. The summed E-state index contributed by atoms with van der Waals surface area (Å²) >= 11 is 1.34. The molecule has 180 valence electrons. The Bertz CT molecular complexity index is 1190. The first-order valence-corrected chi connectivity index (χ1v) is 12.7. The normalized spacial score (nSPS) is 13.3. The fourth-order valence-electron chi connectivity index (χ4n) is 3.17. The first-order valence-electron chi connectivity index (χ1n) is 10.2. The highest BCUT2D eigenvalue weighted by Crippen LogP contribution is 2.28. The Morgan fingerprint density at radius 1 is 1.12 bits per heavy atom. The lowest BCUT2D eigenvalue weighted by Gasteiger charge is -2.30. The molecule has 0 aliphatic heterocycles. The third kappa shape index (κ3) is 6.32. The van der Waals surface area contributed by atoms with Crippen LogP contribution in [0.5, 0.6) is 11.5 Å². The van der Waals surface area contributed by atoms with E-state index in [4.69, 9.17) is 4.74 Å². The van der Waals surface area contributed by atoms with Crippen molar-refractivity contribution in [3.63, 3.8) is 0 Å². The van der Waals surface area contributed by atoms with Gasteiger partial charge in [-0.1, -0.05) is 13.0 Å². The topological polar surface area (TPSA) is 109 Å². The molecular weight excluding hydrogens is 481 g/mol. The van der Waals surface area contributed by atoms with E-state index in [1.807, 2.05) is 12.1 Å². The summed E-state index contributed by atoms with van der Waals surface area (Å²) in [6, 6.07) is 15.3. The maximum atomic E-state index is 13.2. The van der Waals surface area contributed by atoms with Gasteiger partial charge in [-0.2, -0.15) is 16.1 Å². The van der Waals surface area contributed by atoms with Crippen LogP contribution in [0.1, 0.15) is 12.6 Å². The molecule has 2 unspecified atom stereocenters. The molecule has 1 heterocycles. The number of carbonyl (C=O) groups is 1. The number of hydroxylamine groups is 1. The summed E-state index contributed by atoms with van der Waals surface area (Å²) in [5, 5.41) is 8.73. The molecule has 2 N–H and O–H groups in total. The highest BCUT2D eigenvalue weighted by atomic mass is 32.2. The van der Waals surface area contributed by atoms with Gasteiger partial charge in [-0.25, -0.2) is 18.3 Å². The number of hydrogen-bond acceptors (Lipinski definition) is 7. The standard InChI is InChI=1S/C23H24FN3O5S2/c1-16(33-15-18-5-3-4-14-25-18)22(23(28)26-29)27(2)34(30,31)21-12-10-20(11-13-21)32-19-8-6-17(24)7-9-19/h3-14,16,22,29H,15H2,1-2H3,(H,26,28). The smallest absolute Gasteiger partial charge is 0.262 e. The second-order valence-corrected chi connectivity index (χ2v) is 10.7. The predicted octanol–water partition coefficient (Wildman–Crippen LogP) is 3.83. The van der Waals surface area contributed by atoms with E-state index < -0.39 is 33.0 Å². The predicted molar refractivity (Wildman–Crippen MR) is 127 cm³/mol. The molecule has 0 saturated carbocycles. The number of sulfonamides is 1. The lowest BCUT2D eigenvalue weighted by molar-refractivity contribution is -0.132. The van der Waals surface area contributed by atoms with Crippen molar-refractivity contribution in [2.45, 2.75) is 28.9 Å². The molecule has 0 spiro atoms. The van der Waals surface area contributed by atoms with Crippen molar-refractivity contribution in [3.8, 4) is 11.5 Å². The van der Waals surface area contributed by atoms with E-state index in [9.17, 15) is 22.8 Å². The highest BCUT2D eigenvalue weighted by molar-refractivity contribution is 7.99. The van der Waals surface area contributed by atoms with Crippen molar-refractivity contribution in [2.75, 3.05) is 7.05 Å². The third-order valence-electron chi connectivity index (χ3n) is 4.99. The summed E-state index contributed by atoms with van der Waals surface area (Å²) in [6.07, 6.45) is 1.65. The molecule has 2 atom stereocenters. The molecule has 1 amide bonds. The zero-order valence-corrected chi connectivity index (χ0v) is 20.1. The van der Waals surface area contributed by atoms with E-state index in [2.05, 4.69) is 4.98 Å². The number of ether oxygens (including phenoxy) is 1. The number of thioether (sulfide) groups is 1. The van der Waals surface area contributed by atoms with Crippen LogP contribution in [0.2, 0.25) is 0 Å². The van der Waals surface area contributed by atoms with Gasteiger partial charge in [-0.3, -0.25) is 15.0 Å². The minimum atomic E-state index is -4.09. The van der Waals surface area contributed by atoms with Crippen LogP contribution in [0.4, 0.5) is 4.39 Å². The largest absolute Gasteiger partial charge is 0.457 e. The van der Waals surface area contributed by atoms with Crippen LogP contribution in [0.3, 0.4) is 0 Å². The number of pyridine rings is 1. The van der Waals surface area contributed by atoms with Gasteiger partial charge in [-0.05, 0) is 60.7 Å². The monoisotopic (exact) mass is 505 g/mol. The number of amides is 1. The average Bonchev–Trinajstić information content (AvgIpc) is 2.85. The van der Waals surface area contributed by atoms with E-state index in [-0.39, 0.29) is 4.90 Å². The lowest BCUT2D eigenvalue weighted by atomic mass is 10.2. The summed E-state index contributed by atoms with van der Waals surface area (Å²) in [5.41, 5.74) is 2.35. The molecular formula is C23H24FN3O5S2. The summed E-state index contributed by atoms with van der Waals surface area (Å²) in [5.74, 6) is -0.0284. The molecule has 0 saturated heterocycles. The summed E-state index contributed by atoms with van der Waals surface area (Å²) < 4.78 is 46.1. The van der Waals surface area contributed by atoms with Gasteiger partial charge in [-0.15, -0.1) is 0 Å². The van der Waals surface area contributed by atoms with Crippen LogP contribution >= 0.6 is 11.8 Å². The van der Waals surface area contributed by atoms with E-state index in [1.54, 1.807) is 24.7 Å². The Labute approximate surface area is 201 Å². The number of carbonyl (C=O) groups excluding carboxylic acids is 1. The fourth-order valence-corrected chi connectivity index (χ4v) is 5.73. The van der Waals surface area contributed by atoms with Crippen molar-refractivity contribution in [2.24, 2.45) is 0 Å². The molecule has 1 aromatic heterocycles. The van der Waals surface area contributed by atoms with E-state index >= 15 is 0 Å². The lowest BCUT2D eigenvalue weighted by Crippen LogP contribution is -2.51.